The molecule has 0 radical (unpaired) electrons. The molecule has 3 atom stereocenters. The Hall–Kier alpha value is -0.530. The van der Waals surface area contributed by atoms with Crippen molar-refractivity contribution in [3.8, 4) is 0 Å². The second-order valence-electron chi connectivity index (χ2n) is 4.39. The van der Waals surface area contributed by atoms with E-state index in [2.05, 4.69) is 19.2 Å². The van der Waals surface area contributed by atoms with Crippen LogP contribution in [0.3, 0.4) is 0 Å². The second-order valence-corrected chi connectivity index (χ2v) is 4.39. The fraction of sp³-hybridized carbons (Fsp3) is 0.909. The van der Waals surface area contributed by atoms with Gasteiger partial charge >= 0.3 is 0 Å². The van der Waals surface area contributed by atoms with Crippen LogP contribution in [0, 0.1) is 11.8 Å². The van der Waals surface area contributed by atoms with Crippen LogP contribution in [0.5, 0.6) is 0 Å². The van der Waals surface area contributed by atoms with Crippen molar-refractivity contribution in [2.45, 2.75) is 52.5 Å². The number of hydrogen-bond acceptors (Lipinski definition) is 1. The standard InChI is InChI=1S/C11H21NO/c1-4-11(13)12-10-6-5-8(2)9(3)7-10/h8-10H,4-7H2,1-3H3,(H,12,13). The summed E-state index contributed by atoms with van der Waals surface area (Å²) < 4.78 is 0. The molecular weight excluding hydrogens is 162 g/mol. The van der Waals surface area contributed by atoms with Gasteiger partial charge in [-0.25, -0.2) is 0 Å². The average molecular weight is 183 g/mol. The largest absolute Gasteiger partial charge is 0.353 e. The maximum absolute atomic E-state index is 11.2. The summed E-state index contributed by atoms with van der Waals surface area (Å²) in [6.45, 7) is 6.50. The summed E-state index contributed by atoms with van der Waals surface area (Å²) in [5, 5.41) is 3.08. The molecule has 3 unspecified atom stereocenters. The first-order valence-electron chi connectivity index (χ1n) is 5.42. The number of carbonyl (C=O) groups is 1. The summed E-state index contributed by atoms with van der Waals surface area (Å²) in [6, 6.07) is 0.443. The fourth-order valence-corrected chi connectivity index (χ4v) is 2.01. The number of rotatable bonds is 2. The molecule has 0 spiro atoms. The van der Waals surface area contributed by atoms with E-state index >= 15 is 0 Å². The van der Waals surface area contributed by atoms with E-state index in [9.17, 15) is 4.79 Å². The molecule has 0 heterocycles. The predicted molar refractivity (Wildman–Crippen MR) is 54.4 cm³/mol. The van der Waals surface area contributed by atoms with Crippen molar-refractivity contribution in [2.75, 3.05) is 0 Å². The molecular formula is C11H21NO. The van der Waals surface area contributed by atoms with Gasteiger partial charge < -0.3 is 5.32 Å². The van der Waals surface area contributed by atoms with Gasteiger partial charge in [-0.3, -0.25) is 4.79 Å². The van der Waals surface area contributed by atoms with Gasteiger partial charge in [0.15, 0.2) is 0 Å². The van der Waals surface area contributed by atoms with Crippen LogP contribution in [0.4, 0.5) is 0 Å². The lowest BCUT2D eigenvalue weighted by atomic mass is 9.79. The maximum Gasteiger partial charge on any atom is 0.219 e. The van der Waals surface area contributed by atoms with Crippen LogP contribution in [0.2, 0.25) is 0 Å². The molecule has 76 valence electrons. The summed E-state index contributed by atoms with van der Waals surface area (Å²) in [5.74, 6) is 1.79. The molecule has 0 saturated heterocycles. The number of carbonyl (C=O) groups excluding carboxylic acids is 1. The van der Waals surface area contributed by atoms with Crippen LogP contribution in [0.25, 0.3) is 0 Å². The third kappa shape index (κ3) is 3.02. The molecule has 1 rings (SSSR count). The van der Waals surface area contributed by atoms with E-state index in [1.54, 1.807) is 0 Å². The maximum atomic E-state index is 11.2. The van der Waals surface area contributed by atoms with E-state index in [0.717, 1.165) is 24.7 Å². The summed E-state index contributed by atoms with van der Waals surface area (Å²) in [7, 11) is 0. The first-order chi connectivity index (χ1) is 6.13. The molecule has 1 fully saturated rings. The minimum Gasteiger partial charge on any atom is -0.353 e. The van der Waals surface area contributed by atoms with E-state index in [1.165, 1.54) is 6.42 Å². The van der Waals surface area contributed by atoms with Crippen molar-refractivity contribution in [3.05, 3.63) is 0 Å². The van der Waals surface area contributed by atoms with Crippen LogP contribution >= 0.6 is 0 Å². The Labute approximate surface area is 81.1 Å². The minimum atomic E-state index is 0.201. The lowest BCUT2D eigenvalue weighted by Crippen LogP contribution is -2.39. The molecule has 0 bridgehead atoms. The van der Waals surface area contributed by atoms with Crippen LogP contribution in [0.1, 0.15) is 46.5 Å². The van der Waals surface area contributed by atoms with E-state index in [4.69, 9.17) is 0 Å². The Morgan fingerprint density at radius 3 is 2.54 bits per heavy atom. The number of nitrogens with one attached hydrogen (secondary N) is 1. The zero-order chi connectivity index (χ0) is 9.84. The topological polar surface area (TPSA) is 29.1 Å². The highest BCUT2D eigenvalue weighted by atomic mass is 16.1. The quantitative estimate of drug-likeness (QED) is 0.699. The summed E-state index contributed by atoms with van der Waals surface area (Å²) in [6.07, 6.45) is 4.19. The smallest absolute Gasteiger partial charge is 0.219 e. The fourth-order valence-electron chi connectivity index (χ4n) is 2.01. The molecule has 0 aromatic rings. The molecule has 1 saturated carbocycles. The molecule has 2 heteroatoms. The van der Waals surface area contributed by atoms with Gasteiger partial charge in [-0.1, -0.05) is 20.8 Å². The number of amides is 1. The Balaban J connectivity index is 2.33. The summed E-state index contributed by atoms with van der Waals surface area (Å²) in [5.41, 5.74) is 0. The minimum absolute atomic E-state index is 0.201. The first kappa shape index (κ1) is 10.6. The third-order valence-corrected chi connectivity index (χ3v) is 3.28. The number of hydrogen-bond donors (Lipinski definition) is 1. The Morgan fingerprint density at radius 2 is 2.00 bits per heavy atom. The molecule has 1 aliphatic carbocycles. The van der Waals surface area contributed by atoms with Gasteiger partial charge in [0.05, 0.1) is 0 Å². The lowest BCUT2D eigenvalue weighted by Gasteiger charge is -2.32. The van der Waals surface area contributed by atoms with Gasteiger partial charge in [0, 0.05) is 12.5 Å². The third-order valence-electron chi connectivity index (χ3n) is 3.28. The molecule has 1 amide bonds. The normalized spacial score (nSPS) is 34.2. The van der Waals surface area contributed by atoms with Crippen molar-refractivity contribution in [1.29, 1.82) is 0 Å². The van der Waals surface area contributed by atoms with Crippen molar-refractivity contribution < 1.29 is 4.79 Å². The van der Waals surface area contributed by atoms with Crippen molar-refractivity contribution in [2.24, 2.45) is 11.8 Å². The zero-order valence-electron chi connectivity index (χ0n) is 8.97. The van der Waals surface area contributed by atoms with Crippen LogP contribution in [-0.4, -0.2) is 11.9 Å². The Morgan fingerprint density at radius 1 is 1.31 bits per heavy atom. The van der Waals surface area contributed by atoms with Gasteiger partial charge in [-0.2, -0.15) is 0 Å². The van der Waals surface area contributed by atoms with Crippen molar-refractivity contribution >= 4 is 5.91 Å². The van der Waals surface area contributed by atoms with E-state index in [-0.39, 0.29) is 5.91 Å². The van der Waals surface area contributed by atoms with E-state index in [0.29, 0.717) is 12.5 Å². The molecule has 0 aliphatic heterocycles. The van der Waals surface area contributed by atoms with Gasteiger partial charge in [0.2, 0.25) is 5.91 Å². The van der Waals surface area contributed by atoms with Gasteiger partial charge in [-0.15, -0.1) is 0 Å². The lowest BCUT2D eigenvalue weighted by molar-refractivity contribution is -0.121. The van der Waals surface area contributed by atoms with E-state index < -0.39 is 0 Å². The highest BCUT2D eigenvalue weighted by Gasteiger charge is 2.24. The Kier molecular flexibility index (Phi) is 3.76. The molecule has 2 nitrogen and oxygen atoms in total. The van der Waals surface area contributed by atoms with Gasteiger partial charge in [0.1, 0.15) is 0 Å². The monoisotopic (exact) mass is 183 g/mol. The predicted octanol–water partition coefficient (Wildman–Crippen LogP) is 2.34. The van der Waals surface area contributed by atoms with Crippen LogP contribution in [-0.2, 0) is 4.79 Å². The van der Waals surface area contributed by atoms with Gasteiger partial charge in [-0.05, 0) is 31.1 Å². The molecule has 1 aliphatic rings. The van der Waals surface area contributed by atoms with Crippen molar-refractivity contribution in [1.82, 2.24) is 5.32 Å². The summed E-state index contributed by atoms with van der Waals surface area (Å²) >= 11 is 0. The Bertz CT molecular complexity index is 179. The van der Waals surface area contributed by atoms with Crippen LogP contribution in [0.15, 0.2) is 0 Å². The average Bonchev–Trinajstić information content (AvgIpc) is 2.11. The SMILES string of the molecule is CCC(=O)NC1CCC(C)C(C)C1. The summed E-state index contributed by atoms with van der Waals surface area (Å²) in [4.78, 5) is 11.2. The molecule has 0 aromatic heterocycles. The van der Waals surface area contributed by atoms with Gasteiger partial charge in [0.25, 0.3) is 0 Å². The van der Waals surface area contributed by atoms with E-state index in [1.807, 2.05) is 6.92 Å². The van der Waals surface area contributed by atoms with Crippen molar-refractivity contribution in [3.63, 3.8) is 0 Å². The second kappa shape index (κ2) is 4.64. The first-order valence-corrected chi connectivity index (χ1v) is 5.42. The molecule has 13 heavy (non-hydrogen) atoms. The molecule has 1 N–H and O–H groups in total. The zero-order valence-corrected chi connectivity index (χ0v) is 8.97. The molecule has 0 aromatic carbocycles. The highest BCUT2D eigenvalue weighted by molar-refractivity contribution is 5.75. The van der Waals surface area contributed by atoms with Crippen LogP contribution < -0.4 is 5.32 Å². The highest BCUT2D eigenvalue weighted by Crippen LogP contribution is 2.29.